The molecule has 2 rings (SSSR count). The van der Waals surface area contributed by atoms with E-state index in [2.05, 4.69) is 0 Å². The van der Waals surface area contributed by atoms with Gasteiger partial charge in [0.2, 0.25) is 5.24 Å². The van der Waals surface area contributed by atoms with Crippen LogP contribution in [0.15, 0.2) is 0 Å². The van der Waals surface area contributed by atoms with Gasteiger partial charge >= 0.3 is 5.97 Å². The summed E-state index contributed by atoms with van der Waals surface area (Å²) >= 11 is 5.27. The third-order valence-electron chi connectivity index (χ3n) is 4.98. The van der Waals surface area contributed by atoms with E-state index in [9.17, 15) is 14.4 Å². The first kappa shape index (κ1) is 19.4. The average molecular weight is 367 g/mol. The number of benzene rings is 1. The largest absolute Gasteiger partial charge is 0.479 e. The Labute approximate surface area is 152 Å². The van der Waals surface area contributed by atoms with E-state index in [4.69, 9.17) is 21.1 Å². The zero-order valence-electron chi connectivity index (χ0n) is 15.2. The molecule has 0 fully saturated rings. The minimum atomic E-state index is -0.824. The van der Waals surface area contributed by atoms with Gasteiger partial charge in [-0.25, -0.2) is 0 Å². The van der Waals surface area contributed by atoms with Gasteiger partial charge in [-0.2, -0.15) is 0 Å². The zero-order valence-corrected chi connectivity index (χ0v) is 16.0. The maximum atomic E-state index is 12.0. The molecule has 1 aromatic rings. The van der Waals surface area contributed by atoms with Crippen LogP contribution in [0.5, 0.6) is 11.5 Å². The lowest BCUT2D eigenvalue weighted by molar-refractivity contribution is -0.135. The summed E-state index contributed by atoms with van der Waals surface area (Å²) in [6, 6.07) is 0. The molecule has 0 spiro atoms. The number of rotatable bonds is 5. The number of esters is 1. The van der Waals surface area contributed by atoms with Crippen LogP contribution in [0.4, 0.5) is 0 Å². The molecule has 0 aliphatic carbocycles. The number of hydrogen-bond donors (Lipinski definition) is 0. The molecule has 1 aliphatic rings. The van der Waals surface area contributed by atoms with Crippen LogP contribution in [0.3, 0.4) is 0 Å². The van der Waals surface area contributed by atoms with Crippen molar-refractivity contribution in [3.8, 4) is 11.5 Å². The fourth-order valence-corrected chi connectivity index (χ4v) is 3.10. The van der Waals surface area contributed by atoms with E-state index in [1.165, 1.54) is 6.92 Å². The van der Waals surface area contributed by atoms with Crippen LogP contribution in [-0.2, 0) is 20.8 Å². The standard InChI is InChI=1S/C19H23ClO5/c1-10-11(2)18-14(8-9-19(5,25-18)13(4)21)12(3)17(10)24-16(23)7-6-15(20)22/h6-9H2,1-5H3/t19-/m1/s1. The normalized spacial score (nSPS) is 19.0. The number of Topliss-reactive ketones (excluding diaryl/α,β-unsaturated/α-hetero) is 1. The molecule has 0 saturated heterocycles. The van der Waals surface area contributed by atoms with E-state index in [0.29, 0.717) is 24.3 Å². The Balaban J connectivity index is 2.38. The van der Waals surface area contributed by atoms with Gasteiger partial charge in [-0.3, -0.25) is 14.4 Å². The summed E-state index contributed by atoms with van der Waals surface area (Å²) in [6.45, 7) is 8.95. The summed E-state index contributed by atoms with van der Waals surface area (Å²) in [6.07, 6.45) is 1.13. The highest BCUT2D eigenvalue weighted by Crippen LogP contribution is 2.44. The van der Waals surface area contributed by atoms with Crippen LogP contribution in [-0.4, -0.2) is 22.6 Å². The number of carbonyl (C=O) groups is 3. The third kappa shape index (κ3) is 3.87. The molecule has 0 radical (unpaired) electrons. The summed E-state index contributed by atoms with van der Waals surface area (Å²) in [5.41, 5.74) is 2.60. The van der Waals surface area contributed by atoms with Gasteiger partial charge in [0.15, 0.2) is 11.4 Å². The van der Waals surface area contributed by atoms with E-state index < -0.39 is 16.8 Å². The molecule has 0 unspecified atom stereocenters. The first-order valence-electron chi connectivity index (χ1n) is 8.28. The van der Waals surface area contributed by atoms with Gasteiger partial charge < -0.3 is 9.47 Å². The summed E-state index contributed by atoms with van der Waals surface area (Å²) < 4.78 is 11.6. The molecular formula is C19H23ClO5. The van der Waals surface area contributed by atoms with Gasteiger partial charge in [-0.15, -0.1) is 0 Å². The fraction of sp³-hybridized carbons (Fsp3) is 0.526. The molecule has 1 aromatic carbocycles. The Morgan fingerprint density at radius 3 is 2.32 bits per heavy atom. The molecule has 1 aliphatic heterocycles. The predicted molar refractivity (Wildman–Crippen MR) is 94.4 cm³/mol. The Morgan fingerprint density at radius 1 is 1.12 bits per heavy atom. The molecule has 0 aromatic heterocycles. The maximum Gasteiger partial charge on any atom is 0.311 e. The minimum absolute atomic E-state index is 0.00546. The lowest BCUT2D eigenvalue weighted by Crippen LogP contribution is -2.43. The van der Waals surface area contributed by atoms with Gasteiger partial charge in [-0.1, -0.05) is 0 Å². The van der Waals surface area contributed by atoms with E-state index in [1.807, 2.05) is 20.8 Å². The minimum Gasteiger partial charge on any atom is -0.479 e. The van der Waals surface area contributed by atoms with Crippen LogP contribution < -0.4 is 9.47 Å². The number of fused-ring (bicyclic) bond motifs is 1. The number of halogens is 1. The first-order valence-corrected chi connectivity index (χ1v) is 8.66. The van der Waals surface area contributed by atoms with Gasteiger partial charge in [0, 0.05) is 12.0 Å². The zero-order chi connectivity index (χ0) is 18.9. The van der Waals surface area contributed by atoms with Crippen molar-refractivity contribution in [1.82, 2.24) is 0 Å². The highest BCUT2D eigenvalue weighted by molar-refractivity contribution is 6.63. The molecule has 0 saturated carbocycles. The lowest BCUT2D eigenvalue weighted by atomic mass is 9.85. The first-order chi connectivity index (χ1) is 11.6. The van der Waals surface area contributed by atoms with Crippen molar-refractivity contribution in [2.75, 3.05) is 0 Å². The predicted octanol–water partition coefficient (Wildman–Crippen LogP) is 3.74. The Hall–Kier alpha value is -1.88. The molecule has 25 heavy (non-hydrogen) atoms. The highest BCUT2D eigenvalue weighted by Gasteiger charge is 2.38. The second-order valence-electron chi connectivity index (χ2n) is 6.73. The van der Waals surface area contributed by atoms with Crippen LogP contribution in [0, 0.1) is 20.8 Å². The Bertz CT molecular complexity index is 753. The maximum absolute atomic E-state index is 12.0. The molecule has 0 amide bonds. The molecular weight excluding hydrogens is 344 g/mol. The topological polar surface area (TPSA) is 69.7 Å². The monoisotopic (exact) mass is 366 g/mol. The molecule has 0 bridgehead atoms. The summed E-state index contributed by atoms with van der Waals surface area (Å²) in [7, 11) is 0. The lowest BCUT2D eigenvalue weighted by Gasteiger charge is -2.36. The van der Waals surface area contributed by atoms with Gasteiger partial charge in [0.25, 0.3) is 0 Å². The number of carbonyl (C=O) groups excluding carboxylic acids is 3. The molecule has 0 N–H and O–H groups in total. The summed E-state index contributed by atoms with van der Waals surface area (Å²) in [5, 5.41) is -0.566. The van der Waals surface area contributed by atoms with E-state index >= 15 is 0 Å². The fourth-order valence-electron chi connectivity index (χ4n) is 3.00. The number of ketones is 1. The molecule has 1 heterocycles. The van der Waals surface area contributed by atoms with Crippen molar-refractivity contribution in [3.63, 3.8) is 0 Å². The van der Waals surface area contributed by atoms with Gasteiger partial charge in [0.05, 0.1) is 6.42 Å². The smallest absolute Gasteiger partial charge is 0.311 e. The second kappa shape index (κ2) is 7.16. The molecule has 5 nitrogen and oxygen atoms in total. The van der Waals surface area contributed by atoms with Crippen molar-refractivity contribution in [1.29, 1.82) is 0 Å². The van der Waals surface area contributed by atoms with Gasteiger partial charge in [0.1, 0.15) is 11.5 Å². The average Bonchev–Trinajstić information content (AvgIpc) is 2.54. The number of ether oxygens (including phenoxy) is 2. The van der Waals surface area contributed by atoms with E-state index in [-0.39, 0.29) is 18.6 Å². The van der Waals surface area contributed by atoms with Crippen molar-refractivity contribution in [2.24, 2.45) is 0 Å². The van der Waals surface area contributed by atoms with Crippen molar-refractivity contribution in [2.45, 2.75) is 65.9 Å². The highest BCUT2D eigenvalue weighted by atomic mass is 35.5. The van der Waals surface area contributed by atoms with E-state index in [1.54, 1.807) is 6.92 Å². The van der Waals surface area contributed by atoms with Crippen LogP contribution in [0.2, 0.25) is 0 Å². The van der Waals surface area contributed by atoms with E-state index in [0.717, 1.165) is 22.3 Å². The quantitative estimate of drug-likeness (QED) is 0.451. The van der Waals surface area contributed by atoms with Gasteiger partial charge in [-0.05, 0) is 75.8 Å². The van der Waals surface area contributed by atoms with Crippen LogP contribution in [0.1, 0.15) is 55.4 Å². The second-order valence-corrected chi connectivity index (χ2v) is 7.15. The SMILES string of the molecule is CC(=O)[C@@]1(C)CCc2c(C)c(OC(=O)CCC(=O)Cl)c(C)c(C)c2O1. The van der Waals surface area contributed by atoms with Crippen molar-refractivity contribution < 1.29 is 23.9 Å². The summed E-state index contributed by atoms with van der Waals surface area (Å²) in [4.78, 5) is 34.7. The Kier molecular flexibility index (Phi) is 5.57. The van der Waals surface area contributed by atoms with Crippen molar-refractivity contribution >= 4 is 28.6 Å². The molecule has 1 atom stereocenters. The summed E-state index contributed by atoms with van der Waals surface area (Å²) in [5.74, 6) is 0.701. The number of hydrogen-bond acceptors (Lipinski definition) is 5. The third-order valence-corrected chi connectivity index (χ3v) is 5.17. The molecule has 6 heteroatoms. The molecule has 136 valence electrons. The van der Waals surface area contributed by atoms with Crippen LogP contribution >= 0.6 is 11.6 Å². The van der Waals surface area contributed by atoms with Crippen molar-refractivity contribution in [3.05, 3.63) is 22.3 Å². The van der Waals surface area contributed by atoms with Crippen LogP contribution in [0.25, 0.3) is 0 Å². The Morgan fingerprint density at radius 2 is 1.76 bits per heavy atom.